The van der Waals surface area contributed by atoms with Crippen LogP contribution in [0.25, 0.3) is 5.69 Å². The van der Waals surface area contributed by atoms with Gasteiger partial charge in [-0.2, -0.15) is 10.4 Å². The molecule has 2 N–H and O–H groups in total. The Bertz CT molecular complexity index is 772. The first-order valence-corrected chi connectivity index (χ1v) is 8.09. The number of nitrogens with one attached hydrogen (secondary N) is 2. The molecule has 24 heavy (non-hydrogen) atoms. The summed E-state index contributed by atoms with van der Waals surface area (Å²) >= 11 is 0. The molecular formula is C18H21N5O. The number of nitrogens with zero attached hydrogens (tertiary/aromatic N) is 3. The van der Waals surface area contributed by atoms with E-state index in [0.29, 0.717) is 0 Å². The highest BCUT2D eigenvalue weighted by atomic mass is 16.2. The fourth-order valence-corrected chi connectivity index (χ4v) is 2.80. The van der Waals surface area contributed by atoms with Crippen molar-refractivity contribution in [1.29, 1.82) is 5.26 Å². The van der Waals surface area contributed by atoms with E-state index < -0.39 is 5.54 Å². The molecule has 1 saturated carbocycles. The Labute approximate surface area is 141 Å². The zero-order chi connectivity index (χ0) is 17.2. The molecule has 124 valence electrons. The number of hydrogen-bond acceptors (Lipinski definition) is 4. The van der Waals surface area contributed by atoms with Crippen LogP contribution in [0.15, 0.2) is 36.5 Å². The lowest BCUT2D eigenvalue weighted by atomic mass is 9.98. The first kappa shape index (κ1) is 16.1. The van der Waals surface area contributed by atoms with Gasteiger partial charge in [-0.15, -0.1) is 0 Å². The minimum atomic E-state index is -0.762. The van der Waals surface area contributed by atoms with Crippen molar-refractivity contribution in [2.75, 3.05) is 11.9 Å². The predicted molar refractivity (Wildman–Crippen MR) is 91.7 cm³/mol. The number of aromatic nitrogens is 2. The summed E-state index contributed by atoms with van der Waals surface area (Å²) in [4.78, 5) is 12.2. The Hall–Kier alpha value is -2.81. The van der Waals surface area contributed by atoms with Crippen LogP contribution < -0.4 is 10.6 Å². The summed E-state index contributed by atoms with van der Waals surface area (Å²) in [5.41, 5.74) is 1.94. The van der Waals surface area contributed by atoms with Gasteiger partial charge in [0.15, 0.2) is 0 Å². The number of nitriles is 1. The standard InChI is InChI=1S/C18H21N5O/c1-13-16(10-21-23(13)15-6-4-3-5-7-15)20-11-17(24)22-18(2,12-19)14-8-9-14/h3-7,10,14,20H,8-9,11H2,1-2H3,(H,22,24)/t18-/m0/s1. The Morgan fingerprint density at radius 1 is 1.42 bits per heavy atom. The molecule has 6 heteroatoms. The molecule has 1 atom stereocenters. The summed E-state index contributed by atoms with van der Waals surface area (Å²) in [7, 11) is 0. The Morgan fingerprint density at radius 2 is 2.12 bits per heavy atom. The fourth-order valence-electron chi connectivity index (χ4n) is 2.80. The molecular weight excluding hydrogens is 302 g/mol. The van der Waals surface area contributed by atoms with Crippen LogP contribution >= 0.6 is 0 Å². The molecule has 2 aromatic rings. The molecule has 1 aromatic carbocycles. The molecule has 1 aliphatic rings. The third-order valence-electron chi connectivity index (χ3n) is 4.48. The zero-order valence-corrected chi connectivity index (χ0v) is 13.9. The van der Waals surface area contributed by atoms with Crippen molar-refractivity contribution in [1.82, 2.24) is 15.1 Å². The van der Waals surface area contributed by atoms with E-state index in [1.54, 1.807) is 13.1 Å². The lowest BCUT2D eigenvalue weighted by Gasteiger charge is -2.23. The Morgan fingerprint density at radius 3 is 2.75 bits per heavy atom. The molecule has 6 nitrogen and oxygen atoms in total. The van der Waals surface area contributed by atoms with E-state index in [4.69, 9.17) is 0 Å². The minimum absolute atomic E-state index is 0.116. The topological polar surface area (TPSA) is 82.7 Å². The van der Waals surface area contributed by atoms with Gasteiger partial charge in [0, 0.05) is 0 Å². The zero-order valence-electron chi connectivity index (χ0n) is 13.9. The Kier molecular flexibility index (Phi) is 4.26. The second-order valence-electron chi connectivity index (χ2n) is 6.38. The highest BCUT2D eigenvalue weighted by molar-refractivity contribution is 5.82. The van der Waals surface area contributed by atoms with E-state index in [9.17, 15) is 10.1 Å². The highest BCUT2D eigenvalue weighted by Crippen LogP contribution is 2.39. The molecule has 0 unspecified atom stereocenters. The van der Waals surface area contributed by atoms with Gasteiger partial charge < -0.3 is 10.6 Å². The maximum Gasteiger partial charge on any atom is 0.240 e. The molecule has 1 amide bonds. The molecule has 0 radical (unpaired) electrons. The molecule has 0 aliphatic heterocycles. The summed E-state index contributed by atoms with van der Waals surface area (Å²) in [6.45, 7) is 3.86. The number of hydrogen-bond donors (Lipinski definition) is 2. The SMILES string of the molecule is Cc1c(NCC(=O)N[C@@](C)(C#N)C2CC2)cnn1-c1ccccc1. The summed E-state index contributed by atoms with van der Waals surface area (Å²) < 4.78 is 1.82. The molecule has 1 heterocycles. The van der Waals surface area contributed by atoms with Crippen LogP contribution in [0.2, 0.25) is 0 Å². The first-order chi connectivity index (χ1) is 11.5. The summed E-state index contributed by atoms with van der Waals surface area (Å²) in [5.74, 6) is 0.0897. The maximum absolute atomic E-state index is 12.2. The lowest BCUT2D eigenvalue weighted by molar-refractivity contribution is -0.120. The van der Waals surface area contributed by atoms with Gasteiger partial charge in [0.1, 0.15) is 5.54 Å². The molecule has 1 fully saturated rings. The van der Waals surface area contributed by atoms with E-state index in [2.05, 4.69) is 21.8 Å². The molecule has 0 bridgehead atoms. The number of anilines is 1. The molecule has 1 aromatic heterocycles. The minimum Gasteiger partial charge on any atom is -0.373 e. The number of rotatable bonds is 6. The normalized spacial score (nSPS) is 16.0. The number of carbonyl (C=O) groups is 1. The van der Waals surface area contributed by atoms with Crippen molar-refractivity contribution in [2.24, 2.45) is 5.92 Å². The van der Waals surface area contributed by atoms with Crippen molar-refractivity contribution in [3.63, 3.8) is 0 Å². The van der Waals surface area contributed by atoms with Crippen LogP contribution in [0.4, 0.5) is 5.69 Å². The third-order valence-corrected chi connectivity index (χ3v) is 4.48. The monoisotopic (exact) mass is 323 g/mol. The summed E-state index contributed by atoms with van der Waals surface area (Å²) in [6.07, 6.45) is 3.71. The van der Waals surface area contributed by atoms with Crippen LogP contribution in [0.5, 0.6) is 0 Å². The van der Waals surface area contributed by atoms with Gasteiger partial charge in [0.05, 0.1) is 35.9 Å². The van der Waals surface area contributed by atoms with E-state index in [1.165, 1.54) is 0 Å². The number of para-hydroxylation sites is 1. The fraction of sp³-hybridized carbons (Fsp3) is 0.389. The Balaban J connectivity index is 1.62. The van der Waals surface area contributed by atoms with Gasteiger partial charge in [-0.1, -0.05) is 18.2 Å². The summed E-state index contributed by atoms with van der Waals surface area (Å²) in [5, 5.41) is 19.6. The smallest absolute Gasteiger partial charge is 0.240 e. The second-order valence-corrected chi connectivity index (χ2v) is 6.38. The highest BCUT2D eigenvalue weighted by Gasteiger charge is 2.42. The van der Waals surface area contributed by atoms with Gasteiger partial charge in [-0.25, -0.2) is 4.68 Å². The van der Waals surface area contributed by atoms with Gasteiger partial charge in [0.2, 0.25) is 5.91 Å². The molecule has 0 spiro atoms. The van der Waals surface area contributed by atoms with Gasteiger partial charge in [-0.3, -0.25) is 4.79 Å². The van der Waals surface area contributed by atoms with Crippen LogP contribution in [0.1, 0.15) is 25.5 Å². The van der Waals surface area contributed by atoms with E-state index >= 15 is 0 Å². The van der Waals surface area contributed by atoms with E-state index in [0.717, 1.165) is 29.9 Å². The van der Waals surface area contributed by atoms with Gasteiger partial charge >= 0.3 is 0 Å². The quantitative estimate of drug-likeness (QED) is 0.855. The maximum atomic E-state index is 12.2. The van der Waals surface area contributed by atoms with Gasteiger partial charge in [-0.05, 0) is 44.7 Å². The number of amides is 1. The van der Waals surface area contributed by atoms with E-state index in [1.807, 2.05) is 41.9 Å². The van der Waals surface area contributed by atoms with Crippen LogP contribution in [0.3, 0.4) is 0 Å². The average molecular weight is 323 g/mol. The largest absolute Gasteiger partial charge is 0.373 e. The summed E-state index contributed by atoms with van der Waals surface area (Å²) in [6, 6.07) is 12.1. The molecule has 3 rings (SSSR count). The van der Waals surface area contributed by atoms with Gasteiger partial charge in [0.25, 0.3) is 0 Å². The van der Waals surface area contributed by atoms with Crippen molar-refractivity contribution in [3.05, 3.63) is 42.2 Å². The van der Waals surface area contributed by atoms with Crippen LogP contribution in [-0.2, 0) is 4.79 Å². The van der Waals surface area contributed by atoms with Crippen molar-refractivity contribution in [2.45, 2.75) is 32.2 Å². The number of benzene rings is 1. The second kappa shape index (κ2) is 6.36. The average Bonchev–Trinajstić information content (AvgIpc) is 3.38. The van der Waals surface area contributed by atoms with Crippen molar-refractivity contribution < 1.29 is 4.79 Å². The number of carbonyl (C=O) groups excluding carboxylic acids is 1. The first-order valence-electron chi connectivity index (χ1n) is 8.09. The van der Waals surface area contributed by atoms with Crippen LogP contribution in [-0.4, -0.2) is 27.8 Å². The predicted octanol–water partition coefficient (Wildman–Crippen LogP) is 2.40. The van der Waals surface area contributed by atoms with E-state index in [-0.39, 0.29) is 18.4 Å². The molecule has 0 saturated heterocycles. The van der Waals surface area contributed by atoms with Crippen LogP contribution in [0, 0.1) is 24.2 Å². The van der Waals surface area contributed by atoms with Crippen molar-refractivity contribution >= 4 is 11.6 Å². The molecule has 1 aliphatic carbocycles. The van der Waals surface area contributed by atoms with Crippen molar-refractivity contribution in [3.8, 4) is 11.8 Å². The lowest BCUT2D eigenvalue weighted by Crippen LogP contribution is -2.48. The third kappa shape index (κ3) is 3.25.